The maximum absolute atomic E-state index is 12.8. The number of carbonyl (C=O) groups excluding carboxylic acids is 1. The Kier molecular flexibility index (Phi) is 9.97. The Morgan fingerprint density at radius 3 is 2.30 bits per heavy atom. The molecule has 8 rings (SSSR count). The number of hydrogen-bond acceptors (Lipinski definition) is 10. The Morgan fingerprint density at radius 1 is 0.889 bits per heavy atom. The minimum Gasteiger partial charge on any atom is -0.462 e. The average Bonchev–Trinajstić information content (AvgIpc) is 3.53. The molecule has 2 saturated heterocycles. The van der Waals surface area contributed by atoms with Gasteiger partial charge in [-0.15, -0.1) is 0 Å². The van der Waals surface area contributed by atoms with Gasteiger partial charge >= 0.3 is 5.69 Å². The van der Waals surface area contributed by atoms with Crippen LogP contribution >= 0.6 is 0 Å². The molecule has 2 aliphatic rings. The summed E-state index contributed by atoms with van der Waals surface area (Å²) in [6.45, 7) is 3.33. The third-order valence-corrected chi connectivity index (χ3v) is 10.4. The molecule has 0 bridgehead atoms. The summed E-state index contributed by atoms with van der Waals surface area (Å²) in [7, 11) is 0. The smallest absolute Gasteiger partial charge is 0.326 e. The van der Waals surface area contributed by atoms with Crippen molar-refractivity contribution in [1.82, 2.24) is 29.7 Å². The first-order valence-corrected chi connectivity index (χ1v) is 18.2. The minimum absolute atomic E-state index is 0.0456. The Balaban J connectivity index is 1.02. The van der Waals surface area contributed by atoms with Gasteiger partial charge in [-0.2, -0.15) is 0 Å². The van der Waals surface area contributed by atoms with E-state index in [9.17, 15) is 24.9 Å². The van der Waals surface area contributed by atoms with E-state index >= 15 is 0 Å². The van der Waals surface area contributed by atoms with Gasteiger partial charge in [0.05, 0.1) is 40.1 Å². The van der Waals surface area contributed by atoms with Gasteiger partial charge in [-0.25, -0.2) is 14.8 Å². The van der Waals surface area contributed by atoms with Gasteiger partial charge in [0, 0.05) is 49.8 Å². The maximum Gasteiger partial charge on any atom is 0.326 e. The third kappa shape index (κ3) is 7.11. The number of aromatic nitrogens is 4. The van der Waals surface area contributed by atoms with Crippen LogP contribution in [0.15, 0.2) is 102 Å². The van der Waals surface area contributed by atoms with E-state index in [-0.39, 0.29) is 11.7 Å². The number of likely N-dealkylation sites (tertiary alicyclic amines) is 1. The third-order valence-electron chi connectivity index (χ3n) is 10.4. The fraction of sp³-hybridized carbons (Fsp3) is 0.317. The molecule has 1 unspecified atom stereocenters. The first-order chi connectivity index (χ1) is 26.2. The van der Waals surface area contributed by atoms with Crippen LogP contribution in [0, 0.1) is 0 Å². The molecule has 278 valence electrons. The number of carbonyl (C=O) groups is 1. The Morgan fingerprint density at radius 2 is 1.57 bits per heavy atom. The molecule has 0 saturated carbocycles. The lowest BCUT2D eigenvalue weighted by molar-refractivity contribution is -0.244. The lowest BCUT2D eigenvalue weighted by atomic mass is 9.97. The maximum atomic E-state index is 12.8. The van der Waals surface area contributed by atoms with Crippen LogP contribution in [-0.2, 0) is 16.1 Å². The van der Waals surface area contributed by atoms with Crippen molar-refractivity contribution in [1.29, 1.82) is 0 Å². The van der Waals surface area contributed by atoms with E-state index in [0.29, 0.717) is 22.5 Å². The number of ether oxygens (including phenoxy) is 2. The number of H-pyrrole nitrogens is 1. The van der Waals surface area contributed by atoms with Gasteiger partial charge < -0.3 is 35.1 Å². The first-order valence-electron chi connectivity index (χ1n) is 18.2. The largest absolute Gasteiger partial charge is 0.462 e. The molecule has 4 aromatic carbocycles. The topological polar surface area (TPSA) is 175 Å². The molecule has 13 heteroatoms. The van der Waals surface area contributed by atoms with Gasteiger partial charge in [-0.3, -0.25) is 14.3 Å². The van der Waals surface area contributed by atoms with Crippen LogP contribution in [0.5, 0.6) is 5.75 Å². The summed E-state index contributed by atoms with van der Waals surface area (Å²) < 4.78 is 13.8. The Bertz CT molecular complexity index is 2320. The van der Waals surface area contributed by atoms with Crippen molar-refractivity contribution in [3.05, 3.63) is 113 Å². The summed E-state index contributed by atoms with van der Waals surface area (Å²) in [4.78, 5) is 40.2. The van der Waals surface area contributed by atoms with Crippen molar-refractivity contribution < 1.29 is 29.6 Å². The fourth-order valence-electron chi connectivity index (χ4n) is 7.61. The molecule has 2 aliphatic heterocycles. The van der Waals surface area contributed by atoms with Crippen LogP contribution in [0.2, 0.25) is 0 Å². The highest BCUT2D eigenvalue weighted by Gasteiger charge is 2.46. The Hall–Kier alpha value is -5.44. The molecule has 2 fully saturated rings. The van der Waals surface area contributed by atoms with Crippen molar-refractivity contribution in [2.24, 2.45) is 0 Å². The molecule has 0 spiro atoms. The van der Waals surface area contributed by atoms with Crippen molar-refractivity contribution >= 4 is 28.0 Å². The summed E-state index contributed by atoms with van der Waals surface area (Å²) in [5.74, 6) is -0.101. The number of aliphatic hydroxyl groups is 3. The normalized spacial score (nSPS) is 22.4. The standard InChI is InChI=1S/C41H42N6O7/c1-24(49)42-37-39(51)38(50)34(23-48)54-40(37)53-29-15-16-30-32(21-29)44-35(26-7-3-2-4-8-26)36(43-30)27-13-11-25(12-14-27)22-46-19-17-28(18-20-46)47-33-10-6-5-9-31(33)45-41(47)52/h2-16,21,28,34,37-40,48,50-51H,17-20,22-23H2,1H3,(H,42,49)(H,45,52)/t34-,37-,38-,39-,40?/m1/s1. The van der Waals surface area contributed by atoms with Gasteiger partial charge in [-0.1, -0.05) is 66.7 Å². The van der Waals surface area contributed by atoms with E-state index in [2.05, 4.69) is 39.5 Å². The number of hydrogen-bond donors (Lipinski definition) is 5. The number of nitrogens with one attached hydrogen (secondary N) is 2. The molecule has 6 aromatic rings. The van der Waals surface area contributed by atoms with Gasteiger partial charge in [0.1, 0.15) is 30.1 Å². The molecule has 5 atom stereocenters. The van der Waals surface area contributed by atoms with E-state index in [4.69, 9.17) is 19.4 Å². The van der Waals surface area contributed by atoms with Gasteiger partial charge in [0.25, 0.3) is 0 Å². The SMILES string of the molecule is CC(=O)N[C@H]1C(Oc2ccc3nc(-c4ccc(CN5CCC(n6c(=O)[nH]c7ccccc76)CC5)cc4)c(-c4ccccc4)nc3c2)O[C@H](CO)[C@@H](O)[C@@H]1O. The van der Waals surface area contributed by atoms with Crippen molar-refractivity contribution in [2.75, 3.05) is 19.7 Å². The molecule has 54 heavy (non-hydrogen) atoms. The van der Waals surface area contributed by atoms with E-state index in [1.54, 1.807) is 18.2 Å². The second-order valence-electron chi connectivity index (χ2n) is 14.0. The van der Waals surface area contributed by atoms with E-state index in [0.717, 1.165) is 60.3 Å². The minimum atomic E-state index is -1.43. The van der Waals surface area contributed by atoms with Gasteiger partial charge in [0.2, 0.25) is 12.2 Å². The molecule has 4 heterocycles. The first kappa shape index (κ1) is 35.6. The highest BCUT2D eigenvalue weighted by Crippen LogP contribution is 2.34. The van der Waals surface area contributed by atoms with E-state index in [1.165, 1.54) is 12.5 Å². The molecule has 5 N–H and O–H groups in total. The van der Waals surface area contributed by atoms with Crippen molar-refractivity contribution in [3.8, 4) is 28.3 Å². The number of fused-ring (bicyclic) bond motifs is 2. The fourth-order valence-corrected chi connectivity index (χ4v) is 7.61. The van der Waals surface area contributed by atoms with Crippen LogP contribution in [0.25, 0.3) is 44.6 Å². The zero-order valence-corrected chi connectivity index (χ0v) is 29.7. The van der Waals surface area contributed by atoms with Crippen LogP contribution in [-0.4, -0.2) is 96.0 Å². The second-order valence-corrected chi connectivity index (χ2v) is 14.0. The molecular formula is C41H42N6O7. The quantitative estimate of drug-likeness (QED) is 0.147. The number of piperidine rings is 1. The number of amides is 1. The summed E-state index contributed by atoms with van der Waals surface area (Å²) in [5.41, 5.74) is 7.37. The highest BCUT2D eigenvalue weighted by molar-refractivity contribution is 5.87. The molecule has 0 radical (unpaired) electrons. The monoisotopic (exact) mass is 730 g/mol. The number of aromatic amines is 1. The zero-order valence-electron chi connectivity index (χ0n) is 29.7. The highest BCUT2D eigenvalue weighted by atomic mass is 16.7. The van der Waals surface area contributed by atoms with E-state index in [1.807, 2.05) is 59.2 Å². The number of nitrogens with zero attached hydrogens (tertiary/aromatic N) is 4. The molecule has 13 nitrogen and oxygen atoms in total. The van der Waals surface area contributed by atoms with Crippen LogP contribution in [0.1, 0.15) is 31.4 Å². The summed E-state index contributed by atoms with van der Waals surface area (Å²) >= 11 is 0. The molecule has 1 amide bonds. The van der Waals surface area contributed by atoms with Gasteiger partial charge in [-0.05, 0) is 42.7 Å². The Labute approximate surface area is 310 Å². The average molecular weight is 731 g/mol. The van der Waals surface area contributed by atoms with Crippen LogP contribution in [0.3, 0.4) is 0 Å². The lowest BCUT2D eigenvalue weighted by Gasteiger charge is -2.42. The summed E-state index contributed by atoms with van der Waals surface area (Å²) in [6, 6.07) is 30.3. The predicted octanol–water partition coefficient (Wildman–Crippen LogP) is 3.77. The summed E-state index contributed by atoms with van der Waals surface area (Å²) in [6.07, 6.45) is -3.35. The predicted molar refractivity (Wildman–Crippen MR) is 203 cm³/mol. The zero-order chi connectivity index (χ0) is 37.3. The van der Waals surface area contributed by atoms with Crippen molar-refractivity contribution in [2.45, 2.75) is 63.0 Å². The summed E-state index contributed by atoms with van der Waals surface area (Å²) in [5, 5.41) is 33.4. The molecule has 2 aromatic heterocycles. The number of benzene rings is 4. The van der Waals surface area contributed by atoms with Crippen LogP contribution in [0.4, 0.5) is 0 Å². The van der Waals surface area contributed by atoms with Gasteiger partial charge in [0.15, 0.2) is 0 Å². The second kappa shape index (κ2) is 15.1. The number of rotatable bonds is 9. The number of imidazole rings is 1. The molecule has 0 aliphatic carbocycles. The number of para-hydroxylation sites is 2. The lowest BCUT2D eigenvalue weighted by Crippen LogP contribution is -2.65. The number of aliphatic hydroxyl groups excluding tert-OH is 3. The van der Waals surface area contributed by atoms with Crippen LogP contribution < -0.4 is 15.7 Å². The van der Waals surface area contributed by atoms with Crippen molar-refractivity contribution in [3.63, 3.8) is 0 Å². The van der Waals surface area contributed by atoms with E-state index < -0.39 is 43.2 Å². The molecular weight excluding hydrogens is 688 g/mol.